The Bertz CT molecular complexity index is 1390. The van der Waals surface area contributed by atoms with Gasteiger partial charge in [0.2, 0.25) is 11.7 Å². The lowest BCUT2D eigenvalue weighted by Gasteiger charge is -2.15. The first-order chi connectivity index (χ1) is 16.4. The molecule has 0 bridgehead atoms. The fourth-order valence-corrected chi connectivity index (χ4v) is 3.65. The molecule has 0 aliphatic carbocycles. The molecule has 174 valence electrons. The van der Waals surface area contributed by atoms with Crippen LogP contribution in [0.4, 0.5) is 5.69 Å². The van der Waals surface area contributed by atoms with Gasteiger partial charge in [0.15, 0.2) is 0 Å². The standard InChI is InChI=1S/C25H24N4O5/c1-15-12-16(2)29(14-21(30)26-19-11-10-18(32-3)13-20(19)33-4)25(31)22(15)24-27-23(28-34-24)17-8-6-5-7-9-17/h5-13H,14H2,1-4H3,(H,26,30). The monoisotopic (exact) mass is 460 g/mol. The average molecular weight is 460 g/mol. The Labute approximate surface area is 196 Å². The van der Waals surface area contributed by atoms with E-state index in [-0.39, 0.29) is 23.9 Å². The molecule has 4 rings (SSSR count). The maximum absolute atomic E-state index is 13.4. The molecule has 9 nitrogen and oxygen atoms in total. The second-order valence-electron chi connectivity index (χ2n) is 7.64. The van der Waals surface area contributed by atoms with Crippen molar-refractivity contribution in [2.24, 2.45) is 0 Å². The summed E-state index contributed by atoms with van der Waals surface area (Å²) in [5, 5.41) is 6.79. The van der Waals surface area contributed by atoms with Gasteiger partial charge in [-0.2, -0.15) is 4.98 Å². The lowest BCUT2D eigenvalue weighted by molar-refractivity contribution is -0.116. The molecule has 2 aromatic carbocycles. The molecule has 1 amide bonds. The van der Waals surface area contributed by atoms with Gasteiger partial charge in [-0.05, 0) is 37.6 Å². The molecule has 34 heavy (non-hydrogen) atoms. The minimum Gasteiger partial charge on any atom is -0.497 e. The number of carbonyl (C=O) groups is 1. The number of aromatic nitrogens is 3. The fraction of sp³-hybridized carbons (Fsp3) is 0.200. The molecule has 0 fully saturated rings. The fourth-order valence-electron chi connectivity index (χ4n) is 3.65. The topological polar surface area (TPSA) is 108 Å². The Morgan fingerprint density at radius 2 is 1.82 bits per heavy atom. The number of anilines is 1. The highest BCUT2D eigenvalue weighted by Crippen LogP contribution is 2.29. The molecule has 9 heteroatoms. The number of methoxy groups -OCH3 is 2. The van der Waals surface area contributed by atoms with Crippen molar-refractivity contribution in [3.8, 4) is 34.3 Å². The zero-order valence-corrected chi connectivity index (χ0v) is 19.3. The van der Waals surface area contributed by atoms with Crippen LogP contribution in [0.2, 0.25) is 0 Å². The van der Waals surface area contributed by atoms with Gasteiger partial charge in [-0.1, -0.05) is 35.5 Å². The third kappa shape index (κ3) is 4.54. The van der Waals surface area contributed by atoms with E-state index in [0.29, 0.717) is 34.3 Å². The molecule has 0 radical (unpaired) electrons. The Balaban J connectivity index is 1.63. The summed E-state index contributed by atoms with van der Waals surface area (Å²) in [5.41, 5.74) is 2.42. The molecule has 0 unspecified atom stereocenters. The Morgan fingerprint density at radius 3 is 2.53 bits per heavy atom. The Morgan fingerprint density at radius 1 is 1.06 bits per heavy atom. The van der Waals surface area contributed by atoms with Crippen LogP contribution in [0.15, 0.2) is 63.9 Å². The maximum atomic E-state index is 13.4. The summed E-state index contributed by atoms with van der Waals surface area (Å²) in [7, 11) is 3.04. The Hall–Kier alpha value is -4.40. The number of benzene rings is 2. The number of ether oxygens (including phenoxy) is 2. The number of aryl methyl sites for hydroxylation is 2. The van der Waals surface area contributed by atoms with Crippen LogP contribution in [0.25, 0.3) is 22.8 Å². The molecule has 2 aromatic heterocycles. The summed E-state index contributed by atoms with van der Waals surface area (Å²) < 4.78 is 17.3. The predicted octanol–water partition coefficient (Wildman–Crippen LogP) is 3.84. The van der Waals surface area contributed by atoms with Gasteiger partial charge >= 0.3 is 0 Å². The van der Waals surface area contributed by atoms with Crippen LogP contribution < -0.4 is 20.3 Å². The van der Waals surface area contributed by atoms with Gasteiger partial charge in [0, 0.05) is 17.3 Å². The molecular weight excluding hydrogens is 436 g/mol. The summed E-state index contributed by atoms with van der Waals surface area (Å²) >= 11 is 0. The minimum atomic E-state index is -0.391. The summed E-state index contributed by atoms with van der Waals surface area (Å²) in [6.07, 6.45) is 0. The zero-order chi connectivity index (χ0) is 24.2. The number of hydrogen-bond donors (Lipinski definition) is 1. The molecule has 0 aliphatic rings. The van der Waals surface area contributed by atoms with Crippen molar-refractivity contribution in [1.82, 2.24) is 14.7 Å². The average Bonchev–Trinajstić information content (AvgIpc) is 3.32. The number of amides is 1. The SMILES string of the molecule is COc1ccc(NC(=O)Cn2c(C)cc(C)c(-c3nc(-c4ccccc4)no3)c2=O)c(OC)c1. The second-order valence-corrected chi connectivity index (χ2v) is 7.64. The third-order valence-corrected chi connectivity index (χ3v) is 5.36. The van der Waals surface area contributed by atoms with Gasteiger partial charge in [0.05, 0.1) is 19.9 Å². The van der Waals surface area contributed by atoms with E-state index in [9.17, 15) is 9.59 Å². The second kappa shape index (κ2) is 9.62. The molecule has 0 atom stereocenters. The number of rotatable bonds is 7. The molecule has 2 heterocycles. The van der Waals surface area contributed by atoms with Gasteiger partial charge in [-0.3, -0.25) is 9.59 Å². The Kier molecular flexibility index (Phi) is 6.44. The van der Waals surface area contributed by atoms with Crippen molar-refractivity contribution in [1.29, 1.82) is 0 Å². The summed E-state index contributed by atoms with van der Waals surface area (Å²) in [5.74, 6) is 1.14. The zero-order valence-electron chi connectivity index (χ0n) is 19.3. The smallest absolute Gasteiger partial charge is 0.264 e. The highest BCUT2D eigenvalue weighted by molar-refractivity contribution is 5.92. The van der Waals surface area contributed by atoms with Crippen molar-refractivity contribution < 1.29 is 18.8 Å². The van der Waals surface area contributed by atoms with Crippen LogP contribution in [0.5, 0.6) is 11.5 Å². The summed E-state index contributed by atoms with van der Waals surface area (Å²) in [6.45, 7) is 3.36. The highest BCUT2D eigenvalue weighted by Gasteiger charge is 2.20. The first kappa shape index (κ1) is 22.8. The lowest BCUT2D eigenvalue weighted by Crippen LogP contribution is -2.30. The number of nitrogens with zero attached hydrogens (tertiary/aromatic N) is 3. The highest BCUT2D eigenvalue weighted by atomic mass is 16.5. The van der Waals surface area contributed by atoms with E-state index in [0.717, 1.165) is 5.56 Å². The van der Waals surface area contributed by atoms with Crippen LogP contribution in [0, 0.1) is 13.8 Å². The van der Waals surface area contributed by atoms with E-state index in [4.69, 9.17) is 14.0 Å². The van der Waals surface area contributed by atoms with Gasteiger partial charge in [0.25, 0.3) is 11.4 Å². The van der Waals surface area contributed by atoms with Crippen molar-refractivity contribution in [3.05, 3.63) is 76.2 Å². The minimum absolute atomic E-state index is 0.104. The molecule has 1 N–H and O–H groups in total. The first-order valence-corrected chi connectivity index (χ1v) is 10.5. The molecule has 0 spiro atoms. The lowest BCUT2D eigenvalue weighted by atomic mass is 10.1. The molecule has 4 aromatic rings. The van der Waals surface area contributed by atoms with Crippen LogP contribution in [0.3, 0.4) is 0 Å². The number of hydrogen-bond acceptors (Lipinski definition) is 7. The normalized spacial score (nSPS) is 10.7. The quantitative estimate of drug-likeness (QED) is 0.446. The van der Waals surface area contributed by atoms with Gasteiger partial charge in [0.1, 0.15) is 23.6 Å². The van der Waals surface area contributed by atoms with Gasteiger partial charge < -0.3 is 23.9 Å². The molecule has 0 saturated heterocycles. The molecular formula is C25H24N4O5. The van der Waals surface area contributed by atoms with Gasteiger partial charge in [-0.15, -0.1) is 0 Å². The number of nitrogens with one attached hydrogen (secondary N) is 1. The van der Waals surface area contributed by atoms with E-state index in [1.165, 1.54) is 11.7 Å². The van der Waals surface area contributed by atoms with Gasteiger partial charge in [-0.25, -0.2) is 0 Å². The summed E-state index contributed by atoms with van der Waals surface area (Å²) in [4.78, 5) is 30.6. The largest absolute Gasteiger partial charge is 0.497 e. The first-order valence-electron chi connectivity index (χ1n) is 10.5. The predicted molar refractivity (Wildman–Crippen MR) is 127 cm³/mol. The maximum Gasteiger partial charge on any atom is 0.264 e. The summed E-state index contributed by atoms with van der Waals surface area (Å²) in [6, 6.07) is 16.2. The van der Waals surface area contributed by atoms with Crippen molar-refractivity contribution >= 4 is 11.6 Å². The van der Waals surface area contributed by atoms with Crippen LogP contribution in [0.1, 0.15) is 11.3 Å². The van der Waals surface area contributed by atoms with Crippen molar-refractivity contribution in [3.63, 3.8) is 0 Å². The number of pyridine rings is 1. The van der Waals surface area contributed by atoms with Crippen LogP contribution in [-0.4, -0.2) is 34.8 Å². The molecule has 0 aliphatic heterocycles. The third-order valence-electron chi connectivity index (χ3n) is 5.36. The van der Waals surface area contributed by atoms with Crippen LogP contribution >= 0.6 is 0 Å². The van der Waals surface area contributed by atoms with E-state index < -0.39 is 5.56 Å². The van der Waals surface area contributed by atoms with E-state index in [1.54, 1.807) is 39.2 Å². The van der Waals surface area contributed by atoms with Crippen molar-refractivity contribution in [2.45, 2.75) is 20.4 Å². The van der Waals surface area contributed by atoms with E-state index in [2.05, 4.69) is 15.5 Å². The van der Waals surface area contributed by atoms with E-state index >= 15 is 0 Å². The van der Waals surface area contributed by atoms with Crippen LogP contribution in [-0.2, 0) is 11.3 Å². The number of carbonyl (C=O) groups excluding carboxylic acids is 1. The van der Waals surface area contributed by atoms with E-state index in [1.807, 2.05) is 36.4 Å². The van der Waals surface area contributed by atoms with Crippen molar-refractivity contribution in [2.75, 3.05) is 19.5 Å². The molecule has 0 saturated carbocycles.